The van der Waals surface area contributed by atoms with Gasteiger partial charge >= 0.3 is 18.5 Å². The van der Waals surface area contributed by atoms with E-state index in [-0.39, 0.29) is 29.4 Å². The Bertz CT molecular complexity index is 1270. The van der Waals surface area contributed by atoms with Gasteiger partial charge in [-0.2, -0.15) is 44.6 Å². The lowest BCUT2D eigenvalue weighted by atomic mass is 9.84. The van der Waals surface area contributed by atoms with Crippen molar-refractivity contribution in [2.24, 2.45) is 10.3 Å². The minimum Gasteiger partial charge on any atom is -0.374 e. The molecule has 0 aliphatic carbocycles. The van der Waals surface area contributed by atoms with E-state index in [1.54, 1.807) is 0 Å². The molecule has 2 aromatic rings. The number of nitro groups is 1. The maximum absolute atomic E-state index is 14.2. The highest BCUT2D eigenvalue weighted by molar-refractivity contribution is 6.03. The third-order valence-corrected chi connectivity index (χ3v) is 5.41. The molecular formula is C19H11F9N6O3. The fourth-order valence-corrected chi connectivity index (χ4v) is 3.62. The third-order valence-electron chi connectivity index (χ3n) is 5.41. The lowest BCUT2D eigenvalue weighted by Crippen LogP contribution is -2.43. The maximum atomic E-state index is 14.2. The first-order valence-electron chi connectivity index (χ1n) is 9.76. The number of hydrazine groups is 2. The second kappa shape index (κ2) is 8.49. The summed E-state index contributed by atoms with van der Waals surface area (Å²) in [6.45, 7) is 0. The van der Waals surface area contributed by atoms with E-state index >= 15 is 0 Å². The molecule has 2 N–H and O–H groups in total. The Morgan fingerprint density at radius 2 is 1.59 bits per heavy atom. The molecule has 0 saturated carbocycles. The molecule has 2 aliphatic heterocycles. The van der Waals surface area contributed by atoms with Crippen LogP contribution >= 0.6 is 0 Å². The average molecular weight is 542 g/mol. The second-order valence-electron chi connectivity index (χ2n) is 7.72. The summed E-state index contributed by atoms with van der Waals surface area (Å²) in [6, 6.07) is 2.53. The van der Waals surface area contributed by atoms with Crippen LogP contribution in [0.5, 0.6) is 0 Å². The quantitative estimate of drug-likeness (QED) is 0.321. The highest BCUT2D eigenvalue weighted by Gasteiger charge is 2.63. The van der Waals surface area contributed by atoms with Gasteiger partial charge in [0.25, 0.3) is 11.3 Å². The lowest BCUT2D eigenvalue weighted by Gasteiger charge is -2.30. The highest BCUT2D eigenvalue weighted by Crippen LogP contribution is 2.51. The first-order valence-corrected chi connectivity index (χ1v) is 9.76. The predicted octanol–water partition coefficient (Wildman–Crippen LogP) is 4.99. The van der Waals surface area contributed by atoms with E-state index in [1.165, 1.54) is 0 Å². The van der Waals surface area contributed by atoms with Crippen LogP contribution in [0.4, 0.5) is 50.9 Å². The summed E-state index contributed by atoms with van der Waals surface area (Å²) in [4.78, 5) is 15.2. The molecule has 0 radical (unpaired) electrons. The molecule has 4 rings (SSSR count). The molecule has 2 heterocycles. The van der Waals surface area contributed by atoms with Crippen LogP contribution in [0.3, 0.4) is 0 Å². The van der Waals surface area contributed by atoms with Crippen molar-refractivity contribution in [3.63, 3.8) is 0 Å². The molecule has 0 fully saturated rings. The summed E-state index contributed by atoms with van der Waals surface area (Å²) < 4.78 is 122. The van der Waals surface area contributed by atoms with Crippen LogP contribution in [0, 0.1) is 10.1 Å². The topological polar surface area (TPSA) is 104 Å². The van der Waals surface area contributed by atoms with Gasteiger partial charge in [-0.25, -0.2) is 10.5 Å². The number of rotatable bonds is 4. The molecule has 0 saturated heterocycles. The number of anilines is 1. The van der Waals surface area contributed by atoms with Crippen LogP contribution in [0.25, 0.3) is 0 Å². The number of benzene rings is 2. The van der Waals surface area contributed by atoms with Gasteiger partial charge in [0.1, 0.15) is 12.0 Å². The van der Waals surface area contributed by atoms with Crippen molar-refractivity contribution in [3.05, 3.63) is 68.8 Å². The Kier molecular flexibility index (Phi) is 5.97. The van der Waals surface area contributed by atoms with Gasteiger partial charge in [0.05, 0.1) is 21.8 Å². The molecule has 1 atom stereocenters. The third kappa shape index (κ3) is 4.70. The van der Waals surface area contributed by atoms with Gasteiger partial charge in [-0.1, -0.05) is 11.2 Å². The molecule has 1 unspecified atom stereocenters. The van der Waals surface area contributed by atoms with Crippen molar-refractivity contribution in [2.75, 3.05) is 5.01 Å². The number of nitrogens with zero attached hydrogens (tertiary/aromatic N) is 4. The molecule has 0 aromatic heterocycles. The number of hydrogen-bond acceptors (Lipinski definition) is 8. The molecule has 37 heavy (non-hydrogen) atoms. The summed E-state index contributed by atoms with van der Waals surface area (Å²) >= 11 is 0. The van der Waals surface area contributed by atoms with E-state index in [2.05, 4.69) is 26.2 Å². The van der Waals surface area contributed by atoms with Crippen LogP contribution in [-0.4, -0.2) is 23.1 Å². The summed E-state index contributed by atoms with van der Waals surface area (Å²) in [5.41, 5.74) is -6.11. The van der Waals surface area contributed by atoms with Crippen LogP contribution in [-0.2, 0) is 22.8 Å². The Morgan fingerprint density at radius 3 is 2.08 bits per heavy atom. The van der Waals surface area contributed by atoms with Crippen molar-refractivity contribution in [2.45, 2.75) is 30.6 Å². The van der Waals surface area contributed by atoms with Gasteiger partial charge in [-0.15, -0.1) is 5.53 Å². The summed E-state index contributed by atoms with van der Waals surface area (Å²) in [5.74, 6) is 0. The van der Waals surface area contributed by atoms with Crippen LogP contribution in [0.1, 0.15) is 28.7 Å². The number of oxime groups is 1. The minimum atomic E-state index is -5.54. The van der Waals surface area contributed by atoms with E-state index in [4.69, 9.17) is 0 Å². The molecule has 0 bridgehead atoms. The Balaban J connectivity index is 1.80. The number of alkyl halides is 9. The standard InChI is InChI=1S/C19H11F9N6O3/c20-17(21,22)11-4-10(5-12(6-11)18(23,24)25)16(19(26,27)28)7-13(30-37-16)9-1-2-14(15(3-9)34(35)36)33-8-29-31-32-33/h1-6,8,31-32H,7H2. The van der Waals surface area contributed by atoms with Crippen molar-refractivity contribution >= 4 is 23.4 Å². The Morgan fingerprint density at radius 1 is 0.973 bits per heavy atom. The first kappa shape index (κ1) is 26.0. The zero-order chi connectivity index (χ0) is 27.4. The smallest absolute Gasteiger partial charge is 0.374 e. The molecule has 2 aromatic carbocycles. The van der Waals surface area contributed by atoms with Crippen LogP contribution in [0.15, 0.2) is 46.7 Å². The van der Waals surface area contributed by atoms with Gasteiger partial charge in [-0.05, 0) is 24.3 Å². The number of hydrogen-bond donors (Lipinski definition) is 2. The maximum Gasteiger partial charge on any atom is 0.435 e. The van der Waals surface area contributed by atoms with Gasteiger partial charge in [-0.3, -0.25) is 10.1 Å². The fraction of sp³-hybridized carbons (Fsp3) is 0.263. The first-order chi connectivity index (χ1) is 17.0. The van der Waals surface area contributed by atoms with E-state index in [1.807, 2.05) is 0 Å². The largest absolute Gasteiger partial charge is 0.435 e. The Hall–Kier alpha value is -4.09. The van der Waals surface area contributed by atoms with E-state index in [0.717, 1.165) is 29.5 Å². The molecular weight excluding hydrogens is 531 g/mol. The summed E-state index contributed by atoms with van der Waals surface area (Å²) in [6.07, 6.45) is -16.6. The van der Waals surface area contributed by atoms with Crippen molar-refractivity contribution in [3.8, 4) is 0 Å². The van der Waals surface area contributed by atoms with E-state index < -0.39 is 63.6 Å². The van der Waals surface area contributed by atoms with E-state index in [9.17, 15) is 49.6 Å². The monoisotopic (exact) mass is 542 g/mol. The minimum absolute atomic E-state index is 0.0991. The normalized spacial score (nSPS) is 20.0. The van der Waals surface area contributed by atoms with Crippen molar-refractivity contribution in [1.29, 1.82) is 0 Å². The van der Waals surface area contributed by atoms with Crippen LogP contribution < -0.4 is 16.1 Å². The number of hydrazone groups is 1. The van der Waals surface area contributed by atoms with Crippen molar-refractivity contribution in [1.82, 2.24) is 11.1 Å². The number of nitrogens with one attached hydrogen (secondary N) is 2. The predicted molar refractivity (Wildman–Crippen MR) is 107 cm³/mol. The van der Waals surface area contributed by atoms with Crippen LogP contribution in [0.2, 0.25) is 0 Å². The Labute approximate surface area is 199 Å². The molecule has 198 valence electrons. The van der Waals surface area contributed by atoms with Gasteiger partial charge in [0.2, 0.25) is 0 Å². The molecule has 0 amide bonds. The number of halogens is 9. The highest BCUT2D eigenvalue weighted by atomic mass is 19.4. The van der Waals surface area contributed by atoms with Gasteiger partial charge < -0.3 is 4.84 Å². The van der Waals surface area contributed by atoms with Gasteiger partial charge in [0.15, 0.2) is 0 Å². The van der Waals surface area contributed by atoms with Gasteiger partial charge in [0, 0.05) is 23.6 Å². The molecule has 0 spiro atoms. The molecule has 18 heteroatoms. The zero-order valence-electron chi connectivity index (χ0n) is 17.7. The average Bonchev–Trinajstić information content (AvgIpc) is 3.48. The lowest BCUT2D eigenvalue weighted by molar-refractivity contribution is -0.384. The summed E-state index contributed by atoms with van der Waals surface area (Å²) in [7, 11) is 0. The van der Waals surface area contributed by atoms with Crippen molar-refractivity contribution < 1.29 is 49.3 Å². The second-order valence-corrected chi connectivity index (χ2v) is 7.72. The number of nitro benzene ring substituents is 1. The summed E-state index contributed by atoms with van der Waals surface area (Å²) in [5, 5.41) is 19.4. The SMILES string of the molecule is O=[N+]([O-])c1cc(C2=NOC(c3cc(C(F)(F)F)cc(C(F)(F)F)c3)(C(F)(F)F)C2)ccc1N1C=NNN1. The zero-order valence-corrected chi connectivity index (χ0v) is 17.7. The fourth-order valence-electron chi connectivity index (χ4n) is 3.62. The molecule has 9 nitrogen and oxygen atoms in total. The molecule has 2 aliphatic rings. The van der Waals surface area contributed by atoms with E-state index in [0.29, 0.717) is 0 Å².